The van der Waals surface area contributed by atoms with E-state index in [0.29, 0.717) is 0 Å². The van der Waals surface area contributed by atoms with Crippen LogP contribution in [0.25, 0.3) is 0 Å². The maximum absolute atomic E-state index is 11.2. The van der Waals surface area contributed by atoms with Crippen molar-refractivity contribution in [1.29, 1.82) is 0 Å². The number of carbonyl (C=O) groups excluding carboxylic acids is 1. The topological polar surface area (TPSA) is 46.2 Å². The molecule has 0 amide bonds. The first-order chi connectivity index (χ1) is 6.72. The van der Waals surface area contributed by atoms with Gasteiger partial charge in [-0.3, -0.25) is 0 Å². The molecule has 3 nitrogen and oxygen atoms in total. The molecule has 1 aliphatic rings. The van der Waals surface area contributed by atoms with Crippen LogP contribution in [0.2, 0.25) is 0 Å². The average Bonchev–Trinajstić information content (AvgIpc) is 2.02. The van der Waals surface area contributed by atoms with Gasteiger partial charge in [0.2, 0.25) is 0 Å². The minimum absolute atomic E-state index is 0. The van der Waals surface area contributed by atoms with E-state index in [1.807, 2.05) is 0 Å². The van der Waals surface area contributed by atoms with Gasteiger partial charge in [0, 0.05) is 11.1 Å². The zero-order chi connectivity index (χ0) is 12.3. The Labute approximate surface area is 108 Å². The van der Waals surface area contributed by atoms with Gasteiger partial charge in [-0.15, -0.1) is 0 Å². The van der Waals surface area contributed by atoms with E-state index in [-0.39, 0.29) is 30.2 Å². The summed E-state index contributed by atoms with van der Waals surface area (Å²) in [6.45, 7) is 12.1. The van der Waals surface area contributed by atoms with E-state index in [9.17, 15) is 4.79 Å². The third-order valence-electron chi connectivity index (χ3n) is 2.65. The average molecular weight is 272 g/mol. The Bertz CT molecular complexity index is 223. The van der Waals surface area contributed by atoms with E-state index in [0.717, 1.165) is 12.8 Å². The van der Waals surface area contributed by atoms with Crippen LogP contribution in [0.1, 0.15) is 40.5 Å². The minimum atomic E-state index is 0. The molecule has 0 aliphatic carbocycles. The Morgan fingerprint density at radius 3 is 1.75 bits per heavy atom. The van der Waals surface area contributed by atoms with Crippen molar-refractivity contribution < 1.29 is 24.3 Å². The normalized spacial score (nSPS) is 22.3. The summed E-state index contributed by atoms with van der Waals surface area (Å²) in [5.41, 5.74) is 0.111. The Hall–Kier alpha value is -0.194. The summed E-state index contributed by atoms with van der Waals surface area (Å²) < 4.78 is 7.94. The zero-order valence-corrected chi connectivity index (χ0v) is 11.9. The van der Waals surface area contributed by atoms with E-state index in [2.05, 4.69) is 55.6 Å². The maximum atomic E-state index is 11.2. The van der Waals surface area contributed by atoms with Crippen LogP contribution in [-0.4, -0.2) is 16.9 Å². The summed E-state index contributed by atoms with van der Waals surface area (Å²) in [5.74, 6) is 0.217. The second-order valence-corrected chi connectivity index (χ2v) is 5.46. The number of nitrogens with one attached hydrogen (secondary N) is 1. The Morgan fingerprint density at radius 2 is 1.50 bits per heavy atom. The predicted octanol–water partition coefficient (Wildman–Crippen LogP) is 2.28. The molecule has 99 valence electrons. The molecule has 1 fully saturated rings. The van der Waals surface area contributed by atoms with Gasteiger partial charge in [0.25, 0.3) is 0 Å². The van der Waals surface area contributed by atoms with Gasteiger partial charge < -0.3 is 24.5 Å². The first kappa shape index (κ1) is 18.2. The van der Waals surface area contributed by atoms with Crippen LogP contribution < -0.4 is 5.32 Å². The molecule has 0 aromatic carbocycles. The van der Waals surface area contributed by atoms with Crippen LogP contribution in [0, 0.1) is 20.3 Å². The molecule has 1 rings (SSSR count). The molecule has 1 N–H and O–H groups in total. The van der Waals surface area contributed by atoms with E-state index in [4.69, 9.17) is 3.87 Å². The molecule has 4 heteroatoms. The third-order valence-corrected chi connectivity index (χ3v) is 2.65. The molecule has 0 aromatic heterocycles. The molecule has 0 spiro atoms. The molecule has 0 atom stereocenters. The molecule has 1 heterocycles. The number of rotatable bonds is 1. The summed E-state index contributed by atoms with van der Waals surface area (Å²) >= 11 is 2.31. The molecular formula is C12H23CoNO2-2. The van der Waals surface area contributed by atoms with Crippen LogP contribution in [0.3, 0.4) is 0 Å². The molecule has 0 aromatic rings. The summed E-state index contributed by atoms with van der Waals surface area (Å²) in [6.07, 6.45) is 1.80. The van der Waals surface area contributed by atoms with Gasteiger partial charge in [-0.2, -0.15) is 0 Å². The molecular weight excluding hydrogens is 249 g/mol. The van der Waals surface area contributed by atoms with Crippen LogP contribution in [-0.2, 0) is 24.3 Å². The molecule has 0 radical (unpaired) electrons. The monoisotopic (exact) mass is 272 g/mol. The zero-order valence-electron chi connectivity index (χ0n) is 10.8. The first-order valence-corrected chi connectivity index (χ1v) is 5.43. The van der Waals surface area contributed by atoms with Gasteiger partial charge in [-0.05, 0) is 52.2 Å². The number of Topliss-reactive ketones (excluding diaryl/α,β-unsaturated/α-hetero) is 1. The third kappa shape index (κ3) is 5.77. The summed E-state index contributed by atoms with van der Waals surface area (Å²) in [5, 5.41) is 3.54. The molecule has 1 saturated heterocycles. The second-order valence-electron chi connectivity index (χ2n) is 5.46. The second kappa shape index (κ2) is 6.52. The number of piperidine rings is 1. The number of hydrogen-bond donors (Lipinski definition) is 1. The Balaban J connectivity index is 0. The number of ketones is 1. The summed E-state index contributed by atoms with van der Waals surface area (Å²) in [4.78, 5) is 11.2. The van der Waals surface area contributed by atoms with Crippen molar-refractivity contribution in [3.8, 4) is 0 Å². The van der Waals surface area contributed by atoms with Gasteiger partial charge in [0.15, 0.2) is 0 Å². The Morgan fingerprint density at radius 1 is 1.19 bits per heavy atom. The van der Waals surface area contributed by atoms with Crippen LogP contribution >= 0.6 is 0 Å². The van der Waals surface area contributed by atoms with Crippen molar-refractivity contribution in [3.05, 3.63) is 14.4 Å². The van der Waals surface area contributed by atoms with E-state index < -0.39 is 0 Å². The quantitative estimate of drug-likeness (QED) is 0.745. The molecule has 16 heavy (non-hydrogen) atoms. The fourth-order valence-corrected chi connectivity index (χ4v) is 2.55. The van der Waals surface area contributed by atoms with Gasteiger partial charge >= 0.3 is 19.5 Å². The van der Waals surface area contributed by atoms with Crippen molar-refractivity contribution >= 4 is 5.78 Å². The van der Waals surface area contributed by atoms with E-state index in [1.165, 1.54) is 0 Å². The fourth-order valence-electron chi connectivity index (χ4n) is 2.55. The van der Waals surface area contributed by atoms with Crippen LogP contribution in [0.5, 0.6) is 0 Å². The SMILES string of the molecule is [CH2-]C(=O)C1CC(C)(C)NC(C)(C)C1.[CH3-].[O]=[Co]. The number of carbonyl (C=O) groups is 1. The molecule has 1 aliphatic heterocycles. The van der Waals surface area contributed by atoms with Crippen molar-refractivity contribution in [2.45, 2.75) is 51.6 Å². The standard InChI is InChI=1S/C11H20NO.CH3.Co.O/c1-8(13)9-6-10(2,3)12-11(4,5)7-9;;;/h9,12H,1,6-7H2,2-5H3;1H3;;/q2*-1;;. The fraction of sp³-hybridized carbons (Fsp3) is 0.750. The summed E-state index contributed by atoms with van der Waals surface area (Å²) in [7, 11) is 0. The van der Waals surface area contributed by atoms with Crippen molar-refractivity contribution in [1.82, 2.24) is 5.32 Å². The van der Waals surface area contributed by atoms with Gasteiger partial charge in [0.05, 0.1) is 0 Å². The van der Waals surface area contributed by atoms with E-state index in [1.54, 1.807) is 0 Å². The van der Waals surface area contributed by atoms with Crippen molar-refractivity contribution in [2.24, 2.45) is 5.92 Å². The molecule has 0 unspecified atom stereocenters. The molecule has 0 saturated carbocycles. The predicted molar refractivity (Wildman–Crippen MR) is 61.5 cm³/mol. The number of hydrogen-bond acceptors (Lipinski definition) is 3. The Kier molecular flexibility index (Phi) is 7.41. The van der Waals surface area contributed by atoms with Crippen molar-refractivity contribution in [3.63, 3.8) is 0 Å². The summed E-state index contributed by atoms with van der Waals surface area (Å²) in [6, 6.07) is 0. The van der Waals surface area contributed by atoms with Crippen LogP contribution in [0.4, 0.5) is 0 Å². The van der Waals surface area contributed by atoms with Gasteiger partial charge in [-0.25, -0.2) is 0 Å². The van der Waals surface area contributed by atoms with Gasteiger partial charge in [-0.1, -0.05) is 0 Å². The molecule has 0 bridgehead atoms. The van der Waals surface area contributed by atoms with Crippen molar-refractivity contribution in [2.75, 3.05) is 0 Å². The van der Waals surface area contributed by atoms with E-state index >= 15 is 0 Å². The van der Waals surface area contributed by atoms with Gasteiger partial charge in [0.1, 0.15) is 0 Å². The first-order valence-electron chi connectivity index (χ1n) is 5.01. The van der Waals surface area contributed by atoms with Crippen LogP contribution in [0.15, 0.2) is 0 Å².